The number of unbranched alkanes of at least 4 members (excludes halogenated alkanes) is 1. The van der Waals surface area contributed by atoms with Crippen LogP contribution in [0.3, 0.4) is 0 Å². The van der Waals surface area contributed by atoms with Gasteiger partial charge in [0.1, 0.15) is 17.3 Å². The number of hydrogen-bond donors (Lipinski definition) is 2. The Labute approximate surface area is 119 Å². The number of benzene rings is 1. The number of rotatable bonds is 7. The Morgan fingerprint density at radius 3 is 2.75 bits per heavy atom. The van der Waals surface area contributed by atoms with Crippen LogP contribution in [-0.2, 0) is 6.42 Å². The molecule has 5 heteroatoms. The minimum Gasteiger partial charge on any atom is -0.497 e. The summed E-state index contributed by atoms with van der Waals surface area (Å²) < 4.78 is 10.6. The van der Waals surface area contributed by atoms with Gasteiger partial charge in [0, 0.05) is 12.0 Å². The third-order valence-electron chi connectivity index (χ3n) is 3.19. The molecule has 0 radical (unpaired) electrons. The smallest absolute Gasteiger partial charge is 0.128 e. The van der Waals surface area contributed by atoms with E-state index in [2.05, 4.69) is 9.97 Å². The average Bonchev–Trinajstić information content (AvgIpc) is 2.95. The van der Waals surface area contributed by atoms with Gasteiger partial charge in [0.25, 0.3) is 0 Å². The Morgan fingerprint density at radius 1 is 1.20 bits per heavy atom. The minimum atomic E-state index is 0.720. The van der Waals surface area contributed by atoms with Gasteiger partial charge in [-0.2, -0.15) is 0 Å². The molecular weight excluding hydrogens is 254 g/mol. The van der Waals surface area contributed by atoms with E-state index in [4.69, 9.17) is 15.2 Å². The molecule has 3 N–H and O–H groups in total. The Kier molecular flexibility index (Phi) is 5.01. The first-order chi connectivity index (χ1) is 9.78. The van der Waals surface area contributed by atoms with Crippen LogP contribution in [-0.4, -0.2) is 30.7 Å². The zero-order valence-electron chi connectivity index (χ0n) is 12.0. The van der Waals surface area contributed by atoms with E-state index in [1.54, 1.807) is 14.2 Å². The summed E-state index contributed by atoms with van der Waals surface area (Å²) in [6, 6.07) is 5.71. The molecule has 0 bridgehead atoms. The van der Waals surface area contributed by atoms with Crippen molar-refractivity contribution >= 4 is 0 Å². The van der Waals surface area contributed by atoms with Crippen LogP contribution in [0.4, 0.5) is 0 Å². The van der Waals surface area contributed by atoms with Gasteiger partial charge in [-0.3, -0.25) is 0 Å². The lowest BCUT2D eigenvalue weighted by atomic mass is 10.1. The number of nitrogens with zero attached hydrogens (tertiary/aromatic N) is 1. The predicted octanol–water partition coefficient (Wildman–Crippen LogP) is 2.38. The summed E-state index contributed by atoms with van der Waals surface area (Å²) in [5, 5.41) is 0. The molecule has 0 aliphatic carbocycles. The average molecular weight is 275 g/mol. The predicted molar refractivity (Wildman–Crippen MR) is 79.1 cm³/mol. The molecule has 0 unspecified atom stereocenters. The van der Waals surface area contributed by atoms with Crippen molar-refractivity contribution in [3.05, 3.63) is 30.2 Å². The molecule has 20 heavy (non-hydrogen) atoms. The second-order valence-electron chi connectivity index (χ2n) is 4.56. The Bertz CT molecular complexity index is 552. The van der Waals surface area contributed by atoms with Crippen molar-refractivity contribution in [1.82, 2.24) is 9.97 Å². The number of hydrogen-bond acceptors (Lipinski definition) is 4. The van der Waals surface area contributed by atoms with Crippen LogP contribution in [0.1, 0.15) is 18.7 Å². The summed E-state index contributed by atoms with van der Waals surface area (Å²) in [5.74, 6) is 2.56. The van der Waals surface area contributed by atoms with Crippen LogP contribution < -0.4 is 15.2 Å². The van der Waals surface area contributed by atoms with E-state index < -0.39 is 0 Å². The van der Waals surface area contributed by atoms with Crippen molar-refractivity contribution in [2.45, 2.75) is 19.3 Å². The SMILES string of the molecule is COc1ccc(OC)c(-c2cnc(CCCCN)[nH]2)c1. The number of imidazole rings is 1. The Hall–Kier alpha value is -2.01. The number of nitrogens with two attached hydrogens (primary N) is 1. The molecule has 0 aliphatic rings. The number of nitrogens with one attached hydrogen (secondary N) is 1. The highest BCUT2D eigenvalue weighted by Gasteiger charge is 2.10. The second-order valence-corrected chi connectivity index (χ2v) is 4.56. The maximum Gasteiger partial charge on any atom is 0.128 e. The van der Waals surface area contributed by atoms with Crippen molar-refractivity contribution in [2.24, 2.45) is 5.73 Å². The van der Waals surface area contributed by atoms with Crippen LogP contribution in [0, 0.1) is 0 Å². The molecule has 0 atom stereocenters. The van der Waals surface area contributed by atoms with Gasteiger partial charge in [-0.15, -0.1) is 0 Å². The fraction of sp³-hybridized carbons (Fsp3) is 0.400. The summed E-state index contributed by atoms with van der Waals surface area (Å²) >= 11 is 0. The molecular formula is C15H21N3O2. The van der Waals surface area contributed by atoms with Gasteiger partial charge in [0.2, 0.25) is 0 Å². The fourth-order valence-electron chi connectivity index (χ4n) is 2.09. The summed E-state index contributed by atoms with van der Waals surface area (Å²) in [6.45, 7) is 0.720. The van der Waals surface area contributed by atoms with Crippen LogP contribution in [0.2, 0.25) is 0 Å². The third kappa shape index (κ3) is 3.30. The van der Waals surface area contributed by atoms with E-state index >= 15 is 0 Å². The van der Waals surface area contributed by atoms with E-state index in [1.165, 1.54) is 0 Å². The van der Waals surface area contributed by atoms with E-state index in [-0.39, 0.29) is 0 Å². The van der Waals surface area contributed by atoms with E-state index in [0.717, 1.165) is 54.4 Å². The first-order valence-corrected chi connectivity index (χ1v) is 6.75. The summed E-state index contributed by atoms with van der Waals surface area (Å²) in [4.78, 5) is 7.73. The highest BCUT2D eigenvalue weighted by Crippen LogP contribution is 2.32. The molecule has 1 aromatic heterocycles. The normalized spacial score (nSPS) is 10.6. The minimum absolute atomic E-state index is 0.720. The molecule has 0 saturated heterocycles. The van der Waals surface area contributed by atoms with Crippen molar-refractivity contribution in [2.75, 3.05) is 20.8 Å². The standard InChI is InChI=1S/C15H21N3O2/c1-19-11-6-7-14(20-2)12(9-11)13-10-17-15(18-13)5-3-4-8-16/h6-7,9-10H,3-5,8,16H2,1-2H3,(H,17,18). The summed E-state index contributed by atoms with van der Waals surface area (Å²) in [6.07, 6.45) is 4.79. The van der Waals surface area contributed by atoms with E-state index in [0.29, 0.717) is 0 Å². The molecule has 2 rings (SSSR count). The molecule has 1 heterocycles. The lowest BCUT2D eigenvalue weighted by molar-refractivity contribution is 0.404. The number of aromatic amines is 1. The quantitative estimate of drug-likeness (QED) is 0.761. The number of aryl methyl sites for hydroxylation is 1. The molecule has 0 spiro atoms. The number of aromatic nitrogens is 2. The highest BCUT2D eigenvalue weighted by atomic mass is 16.5. The largest absolute Gasteiger partial charge is 0.497 e. The molecule has 108 valence electrons. The van der Waals surface area contributed by atoms with Gasteiger partial charge < -0.3 is 20.2 Å². The third-order valence-corrected chi connectivity index (χ3v) is 3.19. The van der Waals surface area contributed by atoms with Gasteiger partial charge in [-0.1, -0.05) is 0 Å². The van der Waals surface area contributed by atoms with Crippen molar-refractivity contribution < 1.29 is 9.47 Å². The number of ether oxygens (including phenoxy) is 2. The lowest BCUT2D eigenvalue weighted by Gasteiger charge is -2.08. The zero-order valence-corrected chi connectivity index (χ0v) is 12.0. The zero-order chi connectivity index (χ0) is 14.4. The van der Waals surface area contributed by atoms with E-state index in [1.807, 2.05) is 24.4 Å². The van der Waals surface area contributed by atoms with Gasteiger partial charge in [-0.25, -0.2) is 4.98 Å². The van der Waals surface area contributed by atoms with Gasteiger partial charge in [-0.05, 0) is 37.6 Å². The molecule has 2 aromatic rings. The van der Waals surface area contributed by atoms with Gasteiger partial charge >= 0.3 is 0 Å². The van der Waals surface area contributed by atoms with Crippen molar-refractivity contribution in [3.63, 3.8) is 0 Å². The van der Waals surface area contributed by atoms with Gasteiger partial charge in [0.15, 0.2) is 0 Å². The molecule has 0 saturated carbocycles. The van der Waals surface area contributed by atoms with Crippen molar-refractivity contribution in [1.29, 1.82) is 0 Å². The lowest BCUT2D eigenvalue weighted by Crippen LogP contribution is -1.99. The summed E-state index contributed by atoms with van der Waals surface area (Å²) in [5.41, 5.74) is 7.38. The fourth-order valence-corrected chi connectivity index (χ4v) is 2.09. The van der Waals surface area contributed by atoms with Crippen LogP contribution >= 0.6 is 0 Å². The first kappa shape index (κ1) is 14.4. The molecule has 5 nitrogen and oxygen atoms in total. The topological polar surface area (TPSA) is 73.2 Å². The van der Waals surface area contributed by atoms with Gasteiger partial charge in [0.05, 0.1) is 26.1 Å². The molecule has 0 aliphatic heterocycles. The molecule has 0 fully saturated rings. The van der Waals surface area contributed by atoms with Crippen LogP contribution in [0.15, 0.2) is 24.4 Å². The number of methoxy groups -OCH3 is 2. The van der Waals surface area contributed by atoms with E-state index in [9.17, 15) is 0 Å². The molecule has 1 aromatic carbocycles. The maximum atomic E-state index is 5.50. The summed E-state index contributed by atoms with van der Waals surface area (Å²) in [7, 11) is 3.31. The van der Waals surface area contributed by atoms with Crippen LogP contribution in [0.5, 0.6) is 11.5 Å². The Balaban J connectivity index is 2.22. The first-order valence-electron chi connectivity index (χ1n) is 6.75. The highest BCUT2D eigenvalue weighted by molar-refractivity contribution is 5.68. The molecule has 0 amide bonds. The second kappa shape index (κ2) is 6.96. The van der Waals surface area contributed by atoms with Crippen molar-refractivity contribution in [3.8, 4) is 22.8 Å². The maximum absolute atomic E-state index is 5.50. The number of H-pyrrole nitrogens is 1. The Morgan fingerprint density at radius 2 is 2.05 bits per heavy atom. The van der Waals surface area contributed by atoms with Crippen LogP contribution in [0.25, 0.3) is 11.3 Å². The monoisotopic (exact) mass is 275 g/mol.